The van der Waals surface area contributed by atoms with Crippen molar-refractivity contribution in [2.45, 2.75) is 17.7 Å². The van der Waals surface area contributed by atoms with Crippen molar-refractivity contribution in [2.75, 3.05) is 11.3 Å². The van der Waals surface area contributed by atoms with Crippen molar-refractivity contribution in [3.63, 3.8) is 0 Å². The molecule has 1 heterocycles. The van der Waals surface area contributed by atoms with Gasteiger partial charge in [-0.2, -0.15) is 0 Å². The van der Waals surface area contributed by atoms with E-state index in [1.54, 1.807) is 23.6 Å². The molecule has 0 radical (unpaired) electrons. The Morgan fingerprint density at radius 3 is 2.69 bits per heavy atom. The second-order valence-electron chi connectivity index (χ2n) is 5.90. The Hall–Kier alpha value is -1.91. The Labute approximate surface area is 181 Å². The molecule has 0 bridgehead atoms. The van der Waals surface area contributed by atoms with E-state index in [1.165, 1.54) is 6.20 Å². The second kappa shape index (κ2) is 9.27. The molecular weight excluding hydrogens is 460 g/mol. The van der Waals surface area contributed by atoms with Crippen molar-refractivity contribution in [1.29, 1.82) is 0 Å². The van der Waals surface area contributed by atoms with E-state index in [-0.39, 0.29) is 15.9 Å². The number of anilines is 1. The van der Waals surface area contributed by atoms with Crippen LogP contribution in [0, 0.1) is 5.82 Å². The quantitative estimate of drug-likeness (QED) is 0.473. The fourth-order valence-corrected chi connectivity index (χ4v) is 4.83. The summed E-state index contributed by atoms with van der Waals surface area (Å²) in [6.45, 7) is 0.486. The van der Waals surface area contributed by atoms with Crippen LogP contribution < -0.4 is 15.2 Å². The lowest BCUT2D eigenvalue weighted by atomic mass is 10.1. The van der Waals surface area contributed by atoms with Crippen LogP contribution in [0.3, 0.4) is 0 Å². The Morgan fingerprint density at radius 1 is 1.21 bits per heavy atom. The van der Waals surface area contributed by atoms with Crippen molar-refractivity contribution >= 4 is 49.7 Å². The van der Waals surface area contributed by atoms with Gasteiger partial charge in [-0.05, 0) is 49.2 Å². The van der Waals surface area contributed by atoms with Gasteiger partial charge in [0.2, 0.25) is 0 Å². The maximum Gasteiger partial charge on any atom is 0.266 e. The highest BCUT2D eigenvalue weighted by molar-refractivity contribution is 7.93. The van der Waals surface area contributed by atoms with Crippen LogP contribution in [0.25, 0.3) is 0 Å². The molecule has 0 spiro atoms. The number of halogens is 3. The summed E-state index contributed by atoms with van der Waals surface area (Å²) >= 11 is 13.3. The molecule has 11 heteroatoms. The zero-order valence-corrected chi connectivity index (χ0v) is 18.0. The summed E-state index contributed by atoms with van der Waals surface area (Å²) in [5.41, 5.74) is 6.33. The fourth-order valence-electron chi connectivity index (χ4n) is 2.49. The van der Waals surface area contributed by atoms with Crippen LogP contribution in [-0.2, 0) is 16.4 Å². The molecule has 0 aliphatic rings. The molecule has 0 saturated carbocycles. The van der Waals surface area contributed by atoms with Gasteiger partial charge in [-0.1, -0.05) is 23.2 Å². The zero-order valence-electron chi connectivity index (χ0n) is 14.9. The lowest BCUT2D eigenvalue weighted by Gasteiger charge is -2.14. The van der Waals surface area contributed by atoms with Crippen LogP contribution in [0.1, 0.15) is 12.0 Å². The summed E-state index contributed by atoms with van der Waals surface area (Å²) in [7, 11) is -4.20. The lowest BCUT2D eigenvalue weighted by molar-refractivity contribution is 0.467. The van der Waals surface area contributed by atoms with Gasteiger partial charge >= 0.3 is 0 Å². The van der Waals surface area contributed by atoms with E-state index in [4.69, 9.17) is 33.7 Å². The maximum absolute atomic E-state index is 14.6. The smallest absolute Gasteiger partial charge is 0.266 e. The summed E-state index contributed by atoms with van der Waals surface area (Å²) in [6.07, 6.45) is 2.74. The number of ether oxygens (including phenoxy) is 1. The number of thiazole rings is 1. The monoisotopic (exact) mass is 475 g/mol. The fraction of sp³-hybridized carbons (Fsp3) is 0.167. The van der Waals surface area contributed by atoms with E-state index in [1.807, 2.05) is 0 Å². The number of nitrogens with one attached hydrogen (secondary N) is 1. The van der Waals surface area contributed by atoms with Gasteiger partial charge in [-0.3, -0.25) is 4.72 Å². The first-order chi connectivity index (χ1) is 13.8. The molecular formula is C18H16Cl2FN3O3S2. The average molecular weight is 476 g/mol. The summed E-state index contributed by atoms with van der Waals surface area (Å²) < 4.78 is 47.4. The molecule has 0 fully saturated rings. The molecule has 2 aromatic carbocycles. The highest BCUT2D eigenvalue weighted by Gasteiger charge is 2.23. The molecule has 0 aliphatic heterocycles. The maximum atomic E-state index is 14.6. The van der Waals surface area contributed by atoms with Gasteiger partial charge in [0, 0.05) is 22.7 Å². The predicted molar refractivity (Wildman–Crippen MR) is 113 cm³/mol. The van der Waals surface area contributed by atoms with Crippen molar-refractivity contribution in [2.24, 2.45) is 5.73 Å². The third-order valence-electron chi connectivity index (χ3n) is 3.82. The van der Waals surface area contributed by atoms with Gasteiger partial charge in [0.15, 0.2) is 5.13 Å². The minimum atomic E-state index is -4.20. The number of nitrogens with two attached hydrogens (primary N) is 1. The second-order valence-corrected chi connectivity index (χ2v) is 9.29. The Bertz CT molecular complexity index is 1110. The molecule has 6 nitrogen and oxygen atoms in total. The number of hydrogen-bond acceptors (Lipinski definition) is 6. The molecule has 0 unspecified atom stereocenters. The number of rotatable bonds is 8. The van der Waals surface area contributed by atoms with Gasteiger partial charge < -0.3 is 10.5 Å². The number of aromatic nitrogens is 1. The molecule has 0 saturated heterocycles. The van der Waals surface area contributed by atoms with Crippen molar-refractivity contribution in [3.8, 4) is 11.5 Å². The van der Waals surface area contributed by atoms with E-state index in [9.17, 15) is 12.8 Å². The van der Waals surface area contributed by atoms with Crippen LogP contribution in [-0.4, -0.2) is 19.9 Å². The molecule has 0 atom stereocenters. The summed E-state index contributed by atoms with van der Waals surface area (Å²) in [5, 5.41) is 2.17. The Morgan fingerprint density at radius 2 is 2.00 bits per heavy atom. The highest BCUT2D eigenvalue weighted by atomic mass is 35.5. The minimum absolute atomic E-state index is 0.0197. The van der Waals surface area contributed by atoms with Crippen LogP contribution in [0.2, 0.25) is 10.0 Å². The molecule has 29 heavy (non-hydrogen) atoms. The normalized spacial score (nSPS) is 11.4. The first-order valence-electron chi connectivity index (χ1n) is 8.38. The Balaban J connectivity index is 1.91. The van der Waals surface area contributed by atoms with E-state index < -0.39 is 20.7 Å². The van der Waals surface area contributed by atoms with E-state index in [2.05, 4.69) is 9.71 Å². The summed E-state index contributed by atoms with van der Waals surface area (Å²) in [5.74, 6) is -0.597. The van der Waals surface area contributed by atoms with Gasteiger partial charge in [-0.25, -0.2) is 17.8 Å². The number of hydrogen-bond donors (Lipinski definition) is 2. The van der Waals surface area contributed by atoms with Crippen molar-refractivity contribution < 1.29 is 17.5 Å². The highest BCUT2D eigenvalue weighted by Crippen LogP contribution is 2.36. The first kappa shape index (κ1) is 21.8. The number of benzene rings is 2. The van der Waals surface area contributed by atoms with Crippen molar-refractivity contribution in [3.05, 3.63) is 63.3 Å². The zero-order chi connectivity index (χ0) is 21.0. The molecule has 0 aliphatic carbocycles. The molecule has 3 N–H and O–H groups in total. The SMILES string of the molecule is NCCCc1cc(Cl)ccc1Oc1cc(F)c(S(=O)(=O)Nc2nccs2)cc1Cl. The van der Waals surface area contributed by atoms with Gasteiger partial charge in [0.05, 0.1) is 5.02 Å². The van der Waals surface area contributed by atoms with E-state index >= 15 is 0 Å². The molecule has 3 rings (SSSR count). The summed E-state index contributed by atoms with van der Waals surface area (Å²) in [6, 6.07) is 6.92. The van der Waals surface area contributed by atoms with Crippen LogP contribution in [0.4, 0.5) is 9.52 Å². The summed E-state index contributed by atoms with van der Waals surface area (Å²) in [4.78, 5) is 3.22. The third kappa shape index (κ3) is 5.37. The van der Waals surface area contributed by atoms with Gasteiger partial charge in [0.1, 0.15) is 22.2 Å². The third-order valence-corrected chi connectivity index (χ3v) is 6.52. The minimum Gasteiger partial charge on any atom is -0.455 e. The topological polar surface area (TPSA) is 94.3 Å². The lowest BCUT2D eigenvalue weighted by Crippen LogP contribution is -2.14. The van der Waals surface area contributed by atoms with Gasteiger partial charge in [-0.15, -0.1) is 11.3 Å². The Kier molecular flexibility index (Phi) is 6.97. The number of aryl methyl sites for hydroxylation is 1. The van der Waals surface area contributed by atoms with E-state index in [0.29, 0.717) is 30.2 Å². The molecule has 1 aromatic heterocycles. The largest absolute Gasteiger partial charge is 0.455 e. The first-order valence-corrected chi connectivity index (χ1v) is 11.5. The van der Waals surface area contributed by atoms with Crippen LogP contribution in [0.15, 0.2) is 46.8 Å². The molecule has 0 amide bonds. The van der Waals surface area contributed by atoms with E-state index in [0.717, 1.165) is 29.0 Å². The van der Waals surface area contributed by atoms with Gasteiger partial charge in [0.25, 0.3) is 10.0 Å². The predicted octanol–water partition coefficient (Wildman–Crippen LogP) is 5.07. The molecule has 3 aromatic rings. The van der Waals surface area contributed by atoms with Crippen LogP contribution in [0.5, 0.6) is 11.5 Å². The van der Waals surface area contributed by atoms with Crippen molar-refractivity contribution in [1.82, 2.24) is 4.98 Å². The standard InChI is InChI=1S/C18H16Cl2FN3O3S2/c19-12-3-4-15(11(8-12)2-1-5-22)27-16-10-14(21)17(9-13(16)20)29(25,26)24-18-23-6-7-28-18/h3-4,6-10H,1-2,5,22H2,(H,23,24). The average Bonchev–Trinajstić information content (AvgIpc) is 3.16. The number of sulfonamides is 1. The number of nitrogens with zero attached hydrogens (tertiary/aromatic N) is 1. The van der Waals surface area contributed by atoms with Crippen LogP contribution >= 0.6 is 34.5 Å². The molecule has 154 valence electrons.